The van der Waals surface area contributed by atoms with Crippen molar-refractivity contribution >= 4 is 35.2 Å². The van der Waals surface area contributed by atoms with Crippen LogP contribution in [-0.2, 0) is 9.59 Å². The van der Waals surface area contributed by atoms with Gasteiger partial charge in [-0.15, -0.1) is 0 Å². The van der Waals surface area contributed by atoms with Crippen molar-refractivity contribution in [2.24, 2.45) is 0 Å². The SMILES string of the molecule is O=C(O)c1cccnc1SC1CC(=O)N(c2ccc3c(c2)OCO3)C1=O. The van der Waals surface area contributed by atoms with Crippen LogP contribution in [0, 0.1) is 0 Å². The summed E-state index contributed by atoms with van der Waals surface area (Å²) in [6.45, 7) is 0.0940. The zero-order valence-corrected chi connectivity index (χ0v) is 14.1. The van der Waals surface area contributed by atoms with Crippen LogP contribution in [0.5, 0.6) is 11.5 Å². The molecule has 0 spiro atoms. The van der Waals surface area contributed by atoms with Crippen molar-refractivity contribution in [3.8, 4) is 11.5 Å². The number of ether oxygens (including phenoxy) is 2. The van der Waals surface area contributed by atoms with Crippen LogP contribution in [0.3, 0.4) is 0 Å². The Morgan fingerprint density at radius 3 is 2.85 bits per heavy atom. The topological polar surface area (TPSA) is 106 Å². The zero-order valence-electron chi connectivity index (χ0n) is 13.2. The number of hydrogen-bond acceptors (Lipinski definition) is 7. The molecule has 8 nitrogen and oxygen atoms in total. The molecule has 1 aromatic carbocycles. The normalized spacial score (nSPS) is 18.5. The molecular formula is C17H12N2O6S. The molecule has 132 valence electrons. The molecule has 26 heavy (non-hydrogen) atoms. The third-order valence-corrected chi connectivity index (χ3v) is 5.18. The fraction of sp³-hybridized carbons (Fsp3) is 0.176. The van der Waals surface area contributed by atoms with Crippen molar-refractivity contribution in [2.75, 3.05) is 11.7 Å². The second-order valence-corrected chi connectivity index (χ2v) is 6.77. The highest BCUT2D eigenvalue weighted by molar-refractivity contribution is 8.00. The van der Waals surface area contributed by atoms with E-state index in [0.717, 1.165) is 16.7 Å². The fourth-order valence-corrected chi connectivity index (χ4v) is 3.88. The van der Waals surface area contributed by atoms with E-state index in [1.807, 2.05) is 0 Å². The molecule has 2 aromatic rings. The van der Waals surface area contributed by atoms with Crippen molar-refractivity contribution in [3.05, 3.63) is 42.1 Å². The number of carbonyl (C=O) groups excluding carboxylic acids is 2. The molecule has 0 aliphatic carbocycles. The maximum Gasteiger partial charge on any atom is 0.338 e. The lowest BCUT2D eigenvalue weighted by atomic mass is 10.2. The number of amides is 2. The Morgan fingerprint density at radius 2 is 2.04 bits per heavy atom. The first-order valence-electron chi connectivity index (χ1n) is 7.66. The summed E-state index contributed by atoms with van der Waals surface area (Å²) in [4.78, 5) is 41.5. The van der Waals surface area contributed by atoms with E-state index in [-0.39, 0.29) is 29.7 Å². The Hall–Kier alpha value is -3.07. The highest BCUT2D eigenvalue weighted by Crippen LogP contribution is 2.39. The highest BCUT2D eigenvalue weighted by atomic mass is 32.2. The number of pyridine rings is 1. The van der Waals surface area contributed by atoms with Crippen molar-refractivity contribution in [1.29, 1.82) is 0 Å². The Kier molecular flexibility index (Phi) is 4.00. The number of nitrogens with zero attached hydrogens (tertiary/aromatic N) is 2. The van der Waals surface area contributed by atoms with Gasteiger partial charge in [0.05, 0.1) is 16.5 Å². The minimum atomic E-state index is -1.13. The third kappa shape index (κ3) is 2.76. The summed E-state index contributed by atoms with van der Waals surface area (Å²) in [5, 5.41) is 8.71. The van der Waals surface area contributed by atoms with Crippen LogP contribution in [0.1, 0.15) is 16.8 Å². The number of thioether (sulfide) groups is 1. The summed E-state index contributed by atoms with van der Waals surface area (Å²) >= 11 is 0.982. The molecule has 1 N–H and O–H groups in total. The average molecular weight is 372 g/mol. The second-order valence-electron chi connectivity index (χ2n) is 5.58. The summed E-state index contributed by atoms with van der Waals surface area (Å²) in [6, 6.07) is 7.75. The van der Waals surface area contributed by atoms with Crippen LogP contribution in [0.15, 0.2) is 41.6 Å². The van der Waals surface area contributed by atoms with Gasteiger partial charge in [-0.1, -0.05) is 11.8 Å². The monoisotopic (exact) mass is 372 g/mol. The lowest BCUT2D eigenvalue weighted by molar-refractivity contribution is -0.121. The summed E-state index contributed by atoms with van der Waals surface area (Å²) in [5.41, 5.74) is 0.395. The van der Waals surface area contributed by atoms with Gasteiger partial charge in [0.25, 0.3) is 0 Å². The number of hydrogen-bond donors (Lipinski definition) is 1. The molecule has 2 aliphatic heterocycles. The van der Waals surface area contributed by atoms with Gasteiger partial charge >= 0.3 is 5.97 Å². The molecule has 1 aromatic heterocycles. The fourth-order valence-electron chi connectivity index (χ4n) is 2.77. The van der Waals surface area contributed by atoms with Gasteiger partial charge in [0.1, 0.15) is 5.03 Å². The van der Waals surface area contributed by atoms with Crippen molar-refractivity contribution in [1.82, 2.24) is 4.98 Å². The minimum absolute atomic E-state index is 0.000668. The van der Waals surface area contributed by atoms with Gasteiger partial charge in [0.15, 0.2) is 11.5 Å². The first-order chi connectivity index (χ1) is 12.5. The van der Waals surface area contributed by atoms with Gasteiger partial charge in [0.2, 0.25) is 18.6 Å². The van der Waals surface area contributed by atoms with Gasteiger partial charge in [0, 0.05) is 18.7 Å². The molecule has 1 atom stereocenters. The number of aromatic nitrogens is 1. The first-order valence-corrected chi connectivity index (χ1v) is 8.54. The van der Waals surface area contributed by atoms with Gasteiger partial charge < -0.3 is 14.6 Å². The molecule has 0 saturated carbocycles. The van der Waals surface area contributed by atoms with Crippen LogP contribution < -0.4 is 14.4 Å². The molecule has 2 amide bonds. The van der Waals surface area contributed by atoms with Crippen molar-refractivity contribution in [3.63, 3.8) is 0 Å². The number of fused-ring (bicyclic) bond motifs is 1. The summed E-state index contributed by atoms with van der Waals surface area (Å²) in [7, 11) is 0. The van der Waals surface area contributed by atoms with E-state index in [0.29, 0.717) is 17.2 Å². The van der Waals surface area contributed by atoms with E-state index >= 15 is 0 Å². The minimum Gasteiger partial charge on any atom is -0.478 e. The van der Waals surface area contributed by atoms with E-state index in [4.69, 9.17) is 9.47 Å². The number of carboxylic acids is 1. The standard InChI is InChI=1S/C17H12N2O6S/c20-14-7-13(26-15-10(17(22)23)2-1-5-18-15)16(21)19(14)9-3-4-11-12(6-9)25-8-24-11/h1-6,13H,7-8H2,(H,22,23). The summed E-state index contributed by atoms with van der Waals surface area (Å²) in [5.74, 6) is -0.888. The van der Waals surface area contributed by atoms with Crippen LogP contribution in [-0.4, -0.2) is 39.9 Å². The zero-order chi connectivity index (χ0) is 18.3. The Bertz CT molecular complexity index is 931. The average Bonchev–Trinajstić information content (AvgIpc) is 3.19. The number of carbonyl (C=O) groups is 3. The second kappa shape index (κ2) is 6.34. The molecule has 1 saturated heterocycles. The molecule has 1 fully saturated rings. The Labute approximate surface area is 151 Å². The Morgan fingerprint density at radius 1 is 1.23 bits per heavy atom. The summed E-state index contributed by atoms with van der Waals surface area (Å²) in [6.07, 6.45) is 1.42. The predicted octanol–water partition coefficient (Wildman–Crippen LogP) is 1.93. The van der Waals surface area contributed by atoms with Crippen molar-refractivity contribution in [2.45, 2.75) is 16.7 Å². The van der Waals surface area contributed by atoms with Crippen LogP contribution in [0.4, 0.5) is 5.69 Å². The molecular weight excluding hydrogens is 360 g/mol. The molecule has 9 heteroatoms. The van der Waals surface area contributed by atoms with E-state index in [9.17, 15) is 19.5 Å². The smallest absolute Gasteiger partial charge is 0.338 e. The van der Waals surface area contributed by atoms with Crippen molar-refractivity contribution < 1.29 is 29.0 Å². The largest absolute Gasteiger partial charge is 0.478 e. The van der Waals surface area contributed by atoms with Gasteiger partial charge in [-0.05, 0) is 24.3 Å². The number of anilines is 1. The summed E-state index contributed by atoms with van der Waals surface area (Å²) < 4.78 is 10.5. The maximum absolute atomic E-state index is 12.7. The van der Waals surface area contributed by atoms with Gasteiger partial charge in [-0.3, -0.25) is 9.59 Å². The first kappa shape index (κ1) is 16.4. The molecule has 3 heterocycles. The lowest BCUT2D eigenvalue weighted by Gasteiger charge is -2.15. The van der Waals surface area contributed by atoms with E-state index < -0.39 is 17.1 Å². The van der Waals surface area contributed by atoms with Crippen LogP contribution in [0.2, 0.25) is 0 Å². The molecule has 2 aliphatic rings. The molecule has 1 unspecified atom stereocenters. The van der Waals surface area contributed by atoms with E-state index in [1.165, 1.54) is 18.3 Å². The van der Waals surface area contributed by atoms with Crippen LogP contribution >= 0.6 is 11.8 Å². The highest BCUT2D eigenvalue weighted by Gasteiger charge is 2.41. The van der Waals surface area contributed by atoms with E-state index in [1.54, 1.807) is 18.2 Å². The Balaban J connectivity index is 1.59. The predicted molar refractivity (Wildman–Crippen MR) is 90.5 cm³/mol. The third-order valence-electron chi connectivity index (χ3n) is 3.98. The van der Waals surface area contributed by atoms with Gasteiger partial charge in [-0.2, -0.15) is 0 Å². The van der Waals surface area contributed by atoms with Crippen LogP contribution in [0.25, 0.3) is 0 Å². The lowest BCUT2D eigenvalue weighted by Crippen LogP contribution is -2.31. The number of imide groups is 1. The molecule has 0 radical (unpaired) electrons. The number of rotatable bonds is 4. The molecule has 4 rings (SSSR count). The number of carboxylic acid groups (broad SMARTS) is 1. The molecule has 0 bridgehead atoms. The van der Waals surface area contributed by atoms with Gasteiger partial charge in [-0.25, -0.2) is 14.7 Å². The number of aromatic carboxylic acids is 1. The quantitative estimate of drug-likeness (QED) is 0.812. The number of benzene rings is 1. The van der Waals surface area contributed by atoms with E-state index in [2.05, 4.69) is 4.98 Å². The maximum atomic E-state index is 12.7.